The summed E-state index contributed by atoms with van der Waals surface area (Å²) < 4.78 is 5.80. The fourth-order valence-corrected chi connectivity index (χ4v) is 2.16. The molecule has 0 spiro atoms. The van der Waals surface area contributed by atoms with Crippen molar-refractivity contribution in [2.24, 2.45) is 11.8 Å². The minimum absolute atomic E-state index is 0.486. The van der Waals surface area contributed by atoms with E-state index >= 15 is 0 Å². The predicted octanol–water partition coefficient (Wildman–Crippen LogP) is 2.78. The van der Waals surface area contributed by atoms with Crippen LogP contribution in [0.2, 0.25) is 0 Å². The van der Waals surface area contributed by atoms with Crippen LogP contribution in [0.4, 0.5) is 0 Å². The normalized spacial score (nSPS) is 24.0. The van der Waals surface area contributed by atoms with Gasteiger partial charge in [0.05, 0.1) is 12.7 Å². The van der Waals surface area contributed by atoms with Gasteiger partial charge in [0, 0.05) is 19.6 Å². The van der Waals surface area contributed by atoms with Crippen LogP contribution in [0.15, 0.2) is 0 Å². The lowest BCUT2D eigenvalue weighted by Gasteiger charge is -2.34. The summed E-state index contributed by atoms with van der Waals surface area (Å²) in [5.74, 6) is 1.57. The van der Waals surface area contributed by atoms with Gasteiger partial charge in [-0.1, -0.05) is 27.7 Å². The zero-order valence-electron chi connectivity index (χ0n) is 10.8. The smallest absolute Gasteiger partial charge is 0.0702 e. The van der Waals surface area contributed by atoms with Crippen molar-refractivity contribution in [3.63, 3.8) is 0 Å². The fourth-order valence-electron chi connectivity index (χ4n) is 2.16. The van der Waals surface area contributed by atoms with Crippen LogP contribution in [0.5, 0.6) is 0 Å². The molecule has 0 unspecified atom stereocenters. The van der Waals surface area contributed by atoms with Crippen molar-refractivity contribution >= 4 is 0 Å². The first-order valence-electron chi connectivity index (χ1n) is 6.42. The standard InChI is InChI=1S/C13H27NO/c1-11(2)5-6-13-10-14(7-8-15-13)9-12(3)4/h11-13H,5-10H2,1-4H3/t13-/m1/s1. The van der Waals surface area contributed by atoms with E-state index in [1.54, 1.807) is 0 Å². The van der Waals surface area contributed by atoms with Gasteiger partial charge in [0.2, 0.25) is 0 Å². The minimum atomic E-state index is 0.486. The molecular formula is C13H27NO. The second kappa shape index (κ2) is 6.49. The lowest BCUT2D eigenvalue weighted by Crippen LogP contribution is -2.43. The largest absolute Gasteiger partial charge is 0.376 e. The molecule has 0 bridgehead atoms. The van der Waals surface area contributed by atoms with Crippen molar-refractivity contribution in [2.45, 2.75) is 46.6 Å². The van der Waals surface area contributed by atoms with Gasteiger partial charge in [0.15, 0.2) is 0 Å². The molecule has 15 heavy (non-hydrogen) atoms. The molecule has 1 atom stereocenters. The molecule has 90 valence electrons. The average molecular weight is 213 g/mol. The number of rotatable bonds is 5. The maximum absolute atomic E-state index is 5.80. The summed E-state index contributed by atoms with van der Waals surface area (Å²) in [7, 11) is 0. The van der Waals surface area contributed by atoms with Crippen molar-refractivity contribution in [2.75, 3.05) is 26.2 Å². The highest BCUT2D eigenvalue weighted by atomic mass is 16.5. The Bertz CT molecular complexity index is 168. The third-order valence-electron chi connectivity index (χ3n) is 2.91. The molecule has 0 N–H and O–H groups in total. The van der Waals surface area contributed by atoms with Crippen molar-refractivity contribution in [3.05, 3.63) is 0 Å². The zero-order chi connectivity index (χ0) is 11.3. The number of hydrogen-bond acceptors (Lipinski definition) is 2. The number of ether oxygens (including phenoxy) is 1. The maximum Gasteiger partial charge on any atom is 0.0702 e. The van der Waals surface area contributed by atoms with Crippen LogP contribution in [0.25, 0.3) is 0 Å². The van der Waals surface area contributed by atoms with Gasteiger partial charge in [-0.25, -0.2) is 0 Å². The zero-order valence-corrected chi connectivity index (χ0v) is 10.8. The Hall–Kier alpha value is -0.0800. The van der Waals surface area contributed by atoms with Crippen LogP contribution < -0.4 is 0 Å². The molecule has 0 saturated carbocycles. The first-order valence-corrected chi connectivity index (χ1v) is 6.42. The van der Waals surface area contributed by atoms with Crippen LogP contribution in [0.3, 0.4) is 0 Å². The summed E-state index contributed by atoms with van der Waals surface area (Å²) in [6.07, 6.45) is 3.01. The van der Waals surface area contributed by atoms with Crippen LogP contribution in [0.1, 0.15) is 40.5 Å². The number of nitrogens with zero attached hydrogens (tertiary/aromatic N) is 1. The van der Waals surface area contributed by atoms with Gasteiger partial charge < -0.3 is 4.74 Å². The molecule has 0 amide bonds. The molecule has 1 heterocycles. The summed E-state index contributed by atoms with van der Waals surface area (Å²) in [4.78, 5) is 2.55. The van der Waals surface area contributed by atoms with Gasteiger partial charge in [-0.15, -0.1) is 0 Å². The lowest BCUT2D eigenvalue weighted by atomic mass is 10.0. The minimum Gasteiger partial charge on any atom is -0.376 e. The molecule has 1 fully saturated rings. The fraction of sp³-hybridized carbons (Fsp3) is 1.00. The van der Waals surface area contributed by atoms with Crippen LogP contribution >= 0.6 is 0 Å². The quantitative estimate of drug-likeness (QED) is 0.696. The lowest BCUT2D eigenvalue weighted by molar-refractivity contribution is -0.0370. The van der Waals surface area contributed by atoms with Gasteiger partial charge in [-0.2, -0.15) is 0 Å². The first-order chi connectivity index (χ1) is 7.08. The van der Waals surface area contributed by atoms with Gasteiger partial charge in [-0.05, 0) is 24.7 Å². The predicted molar refractivity (Wildman–Crippen MR) is 65.1 cm³/mol. The van der Waals surface area contributed by atoms with E-state index in [1.807, 2.05) is 0 Å². The maximum atomic E-state index is 5.80. The van der Waals surface area contributed by atoms with Crippen LogP contribution in [-0.2, 0) is 4.74 Å². The van der Waals surface area contributed by atoms with Crippen molar-refractivity contribution < 1.29 is 4.74 Å². The molecule has 0 radical (unpaired) electrons. The Labute approximate surface area is 95.0 Å². The Morgan fingerprint density at radius 3 is 2.53 bits per heavy atom. The van der Waals surface area contributed by atoms with E-state index in [2.05, 4.69) is 32.6 Å². The summed E-state index contributed by atoms with van der Waals surface area (Å²) in [5, 5.41) is 0. The van der Waals surface area contributed by atoms with E-state index in [0.717, 1.165) is 31.5 Å². The van der Waals surface area contributed by atoms with Crippen molar-refractivity contribution in [1.82, 2.24) is 4.90 Å². The molecule has 1 aliphatic rings. The second-order valence-electron chi connectivity index (χ2n) is 5.62. The molecule has 0 aromatic carbocycles. The molecule has 1 saturated heterocycles. The molecule has 0 aromatic heterocycles. The molecule has 2 nitrogen and oxygen atoms in total. The van der Waals surface area contributed by atoms with E-state index in [0.29, 0.717) is 6.10 Å². The number of morpholine rings is 1. The van der Waals surface area contributed by atoms with Gasteiger partial charge >= 0.3 is 0 Å². The van der Waals surface area contributed by atoms with E-state index in [-0.39, 0.29) is 0 Å². The van der Waals surface area contributed by atoms with E-state index < -0.39 is 0 Å². The molecule has 2 heteroatoms. The first kappa shape index (κ1) is 13.0. The van der Waals surface area contributed by atoms with Crippen molar-refractivity contribution in [3.8, 4) is 0 Å². The highest BCUT2D eigenvalue weighted by Crippen LogP contribution is 2.15. The third kappa shape index (κ3) is 5.53. The average Bonchev–Trinajstić information content (AvgIpc) is 2.14. The Morgan fingerprint density at radius 2 is 1.93 bits per heavy atom. The molecular weight excluding hydrogens is 186 g/mol. The van der Waals surface area contributed by atoms with Gasteiger partial charge in [0.1, 0.15) is 0 Å². The topological polar surface area (TPSA) is 12.5 Å². The monoisotopic (exact) mass is 213 g/mol. The SMILES string of the molecule is CC(C)CC[C@@H]1CN(CC(C)C)CCO1. The number of hydrogen-bond donors (Lipinski definition) is 0. The van der Waals surface area contributed by atoms with E-state index in [4.69, 9.17) is 4.74 Å². The molecule has 1 aliphatic heterocycles. The molecule has 0 aromatic rings. The van der Waals surface area contributed by atoms with E-state index in [9.17, 15) is 0 Å². The van der Waals surface area contributed by atoms with Crippen molar-refractivity contribution in [1.29, 1.82) is 0 Å². The third-order valence-corrected chi connectivity index (χ3v) is 2.91. The summed E-state index contributed by atoms with van der Waals surface area (Å²) in [6.45, 7) is 13.6. The highest BCUT2D eigenvalue weighted by molar-refractivity contribution is 4.72. The summed E-state index contributed by atoms with van der Waals surface area (Å²) >= 11 is 0. The second-order valence-corrected chi connectivity index (χ2v) is 5.62. The summed E-state index contributed by atoms with van der Waals surface area (Å²) in [6, 6.07) is 0. The molecule has 0 aliphatic carbocycles. The van der Waals surface area contributed by atoms with E-state index in [1.165, 1.54) is 19.4 Å². The summed E-state index contributed by atoms with van der Waals surface area (Å²) in [5.41, 5.74) is 0. The highest BCUT2D eigenvalue weighted by Gasteiger charge is 2.20. The van der Waals surface area contributed by atoms with Gasteiger partial charge in [0.25, 0.3) is 0 Å². The molecule has 1 rings (SSSR count). The Balaban J connectivity index is 2.23. The Morgan fingerprint density at radius 1 is 1.20 bits per heavy atom. The van der Waals surface area contributed by atoms with Crippen LogP contribution in [-0.4, -0.2) is 37.2 Å². The Kier molecular flexibility index (Phi) is 5.62. The van der Waals surface area contributed by atoms with Crippen LogP contribution in [0, 0.1) is 11.8 Å². The van der Waals surface area contributed by atoms with Gasteiger partial charge in [-0.3, -0.25) is 4.90 Å².